The molecule has 0 saturated heterocycles. The van der Waals surface area contributed by atoms with Crippen LogP contribution in [-0.2, 0) is 17.1 Å². The van der Waals surface area contributed by atoms with Crippen molar-refractivity contribution in [1.82, 2.24) is 0 Å². The molecule has 3 heteroatoms. The Labute approximate surface area is 137 Å². The van der Waals surface area contributed by atoms with Gasteiger partial charge >= 0.3 is 0 Å². The summed E-state index contributed by atoms with van der Waals surface area (Å²) in [5.41, 5.74) is 6.16. The first-order valence-electron chi connectivity index (χ1n) is 6.60. The second kappa shape index (κ2) is 9.98. The summed E-state index contributed by atoms with van der Waals surface area (Å²) in [6.45, 7) is 1.99. The Morgan fingerprint density at radius 2 is 1.62 bits per heavy atom. The zero-order valence-electron chi connectivity index (χ0n) is 11.9. The Balaban J connectivity index is 0.000000313. The van der Waals surface area contributed by atoms with Crippen molar-refractivity contribution < 1.29 is 17.1 Å². The van der Waals surface area contributed by atoms with Crippen LogP contribution in [0.5, 0.6) is 0 Å². The van der Waals surface area contributed by atoms with E-state index >= 15 is 0 Å². The summed E-state index contributed by atoms with van der Waals surface area (Å²) in [6.07, 6.45) is 18.1. The van der Waals surface area contributed by atoms with Crippen LogP contribution in [0.1, 0.15) is 6.92 Å². The average Bonchev–Trinajstić information content (AvgIpc) is 3.20. The molecule has 2 radical (unpaired) electrons. The number of nitrogens with one attached hydrogen (secondary N) is 1. The molecule has 0 aromatic heterocycles. The minimum Gasteiger partial charge on any atom is -0.278 e. The molecule has 1 aromatic carbocycles. The van der Waals surface area contributed by atoms with E-state index in [9.17, 15) is 0 Å². The van der Waals surface area contributed by atoms with E-state index in [1.165, 1.54) is 0 Å². The predicted octanol–water partition coefficient (Wildman–Crippen LogP) is 4.49. The van der Waals surface area contributed by atoms with Gasteiger partial charge in [-0.05, 0) is 24.6 Å². The van der Waals surface area contributed by atoms with Crippen LogP contribution >= 0.6 is 0 Å². The molecular weight excluding hydrogens is 300 g/mol. The summed E-state index contributed by atoms with van der Waals surface area (Å²) in [5.74, 6) is 0. The molecule has 0 saturated carbocycles. The van der Waals surface area contributed by atoms with Crippen LogP contribution in [0.25, 0.3) is 0 Å². The molecule has 3 rings (SSSR count). The molecule has 0 heterocycles. The largest absolute Gasteiger partial charge is 0.278 e. The van der Waals surface area contributed by atoms with E-state index in [1.807, 2.05) is 92.6 Å². The number of hydrogen-bond donors (Lipinski definition) is 1. The molecule has 0 bridgehead atoms. The number of rotatable bonds is 3. The summed E-state index contributed by atoms with van der Waals surface area (Å²) < 4.78 is 0. The maximum absolute atomic E-state index is 4.30. The van der Waals surface area contributed by atoms with Crippen LogP contribution in [0, 0.1) is 12.8 Å². The van der Waals surface area contributed by atoms with Crippen molar-refractivity contribution in [3.05, 3.63) is 91.3 Å². The van der Waals surface area contributed by atoms with E-state index in [0.717, 1.165) is 17.0 Å². The Hall–Kier alpha value is -1.83. The van der Waals surface area contributed by atoms with Gasteiger partial charge in [0.1, 0.15) is 0 Å². The molecule has 0 unspecified atom stereocenters. The third kappa shape index (κ3) is 6.44. The van der Waals surface area contributed by atoms with Gasteiger partial charge in [0.25, 0.3) is 0 Å². The molecule has 0 fully saturated rings. The van der Waals surface area contributed by atoms with Crippen molar-refractivity contribution in [2.45, 2.75) is 6.92 Å². The van der Waals surface area contributed by atoms with Crippen LogP contribution < -0.4 is 5.43 Å². The zero-order valence-corrected chi connectivity index (χ0v) is 13.0. The molecule has 2 aliphatic rings. The Bertz CT molecular complexity index is 556. The molecule has 2 aliphatic carbocycles. The van der Waals surface area contributed by atoms with Crippen LogP contribution in [-0.4, -0.2) is 5.71 Å². The maximum Gasteiger partial charge on any atom is 0.0614 e. The second-order valence-electron chi connectivity index (χ2n) is 4.31. The van der Waals surface area contributed by atoms with Crippen molar-refractivity contribution in [3.63, 3.8) is 0 Å². The van der Waals surface area contributed by atoms with Crippen molar-refractivity contribution >= 4 is 11.4 Å². The third-order valence-corrected chi connectivity index (χ3v) is 2.76. The van der Waals surface area contributed by atoms with Crippen LogP contribution in [0.2, 0.25) is 0 Å². The molecule has 2 nitrogen and oxygen atoms in total. The van der Waals surface area contributed by atoms with Gasteiger partial charge in [-0.2, -0.15) is 5.10 Å². The molecule has 21 heavy (non-hydrogen) atoms. The summed E-state index contributed by atoms with van der Waals surface area (Å²) in [7, 11) is 0. The van der Waals surface area contributed by atoms with E-state index < -0.39 is 0 Å². The first-order valence-corrected chi connectivity index (χ1v) is 6.60. The summed E-state index contributed by atoms with van der Waals surface area (Å²) in [6, 6.07) is 9.92. The van der Waals surface area contributed by atoms with Gasteiger partial charge < -0.3 is 0 Å². The smallest absolute Gasteiger partial charge is 0.0614 e. The molecular formula is C18H18FeN2. The Kier molecular flexibility index (Phi) is 8.18. The molecule has 1 N–H and O–H groups in total. The molecule has 0 aliphatic heterocycles. The topological polar surface area (TPSA) is 24.4 Å². The van der Waals surface area contributed by atoms with Gasteiger partial charge in [-0.3, -0.25) is 5.43 Å². The van der Waals surface area contributed by atoms with Crippen LogP contribution in [0.4, 0.5) is 5.69 Å². The standard InChI is InChI=1S/C13H13N2.C5H5.Fe/c1-11(12-7-5-6-8-12)14-15-13-9-3-2-4-10-13;1-2-4-5-3-1;/h2-10,15H,1H3;1-5H;/b14-11+;;. The van der Waals surface area contributed by atoms with Gasteiger partial charge in [-0.25, -0.2) is 0 Å². The molecule has 0 atom stereocenters. The number of benzene rings is 1. The maximum atomic E-state index is 4.30. The number of para-hydroxylation sites is 1. The minimum atomic E-state index is 0. The number of hydrogen-bond acceptors (Lipinski definition) is 2. The quantitative estimate of drug-likeness (QED) is 0.496. The van der Waals surface area contributed by atoms with Gasteiger partial charge in [-0.15, -0.1) is 0 Å². The fourth-order valence-corrected chi connectivity index (χ4v) is 1.66. The zero-order chi connectivity index (χ0) is 14.0. The average molecular weight is 318 g/mol. The normalized spacial score (nSPS) is 15.1. The fourth-order valence-electron chi connectivity index (χ4n) is 1.66. The van der Waals surface area contributed by atoms with Crippen molar-refractivity contribution in [1.29, 1.82) is 0 Å². The second-order valence-corrected chi connectivity index (χ2v) is 4.31. The molecule has 1 aromatic rings. The fraction of sp³-hybridized carbons (Fsp3) is 0.0556. The molecule has 0 spiro atoms. The Morgan fingerprint density at radius 3 is 2.14 bits per heavy atom. The monoisotopic (exact) mass is 318 g/mol. The number of anilines is 1. The van der Waals surface area contributed by atoms with Crippen LogP contribution in [0.3, 0.4) is 0 Å². The van der Waals surface area contributed by atoms with E-state index in [0.29, 0.717) is 0 Å². The summed E-state index contributed by atoms with van der Waals surface area (Å²) in [4.78, 5) is 0. The van der Waals surface area contributed by atoms with Gasteiger partial charge in [0.2, 0.25) is 0 Å². The summed E-state index contributed by atoms with van der Waals surface area (Å²) in [5, 5.41) is 4.30. The van der Waals surface area contributed by atoms with Crippen molar-refractivity contribution in [2.75, 3.05) is 5.43 Å². The van der Waals surface area contributed by atoms with Gasteiger partial charge in [0.15, 0.2) is 0 Å². The van der Waals surface area contributed by atoms with Gasteiger partial charge in [-0.1, -0.05) is 60.7 Å². The minimum absolute atomic E-state index is 0. The van der Waals surface area contributed by atoms with E-state index in [-0.39, 0.29) is 17.1 Å². The summed E-state index contributed by atoms with van der Waals surface area (Å²) >= 11 is 0. The Morgan fingerprint density at radius 1 is 0.905 bits per heavy atom. The third-order valence-electron chi connectivity index (χ3n) is 2.76. The van der Waals surface area contributed by atoms with Crippen LogP contribution in [0.15, 0.2) is 83.5 Å². The number of hydrazone groups is 1. The molecule has 108 valence electrons. The van der Waals surface area contributed by atoms with Crippen molar-refractivity contribution in [3.8, 4) is 0 Å². The first kappa shape index (κ1) is 17.2. The number of nitrogens with zero attached hydrogens (tertiary/aromatic N) is 1. The van der Waals surface area contributed by atoms with Gasteiger partial charge in [0, 0.05) is 29.9 Å². The van der Waals surface area contributed by atoms with E-state index in [1.54, 1.807) is 0 Å². The van der Waals surface area contributed by atoms with Gasteiger partial charge in [0.05, 0.1) is 11.4 Å². The number of allylic oxidation sites excluding steroid dienone is 8. The molecule has 0 amide bonds. The van der Waals surface area contributed by atoms with Crippen molar-refractivity contribution in [2.24, 2.45) is 5.10 Å². The first-order chi connectivity index (χ1) is 9.86. The van der Waals surface area contributed by atoms with E-state index in [2.05, 4.69) is 10.5 Å². The SMILES string of the molecule is C/C(=N\Nc1ccccc1)C1=CC=C[CH]1.[CH]1C=CC=C1.[Fe]. The van der Waals surface area contributed by atoms with E-state index in [4.69, 9.17) is 0 Å². The predicted molar refractivity (Wildman–Crippen MR) is 87.3 cm³/mol.